The molecule has 0 aromatic rings. The number of hydrogen-bond acceptors (Lipinski definition) is 3. The third kappa shape index (κ3) is 2.44. The number of rotatable bonds is 3. The van der Waals surface area contributed by atoms with E-state index in [0.29, 0.717) is 5.92 Å². The van der Waals surface area contributed by atoms with Gasteiger partial charge in [-0.3, -0.25) is 0 Å². The van der Waals surface area contributed by atoms with Gasteiger partial charge in [-0.05, 0) is 25.2 Å². The summed E-state index contributed by atoms with van der Waals surface area (Å²) in [6, 6.07) is 0. The molecule has 0 bridgehead atoms. The zero-order valence-corrected chi connectivity index (χ0v) is 7.82. The quantitative estimate of drug-likeness (QED) is 0.688. The van der Waals surface area contributed by atoms with Crippen LogP contribution in [0.1, 0.15) is 19.3 Å². The normalized spacial score (nSPS) is 36.8. The molecule has 0 aromatic heterocycles. The molecule has 1 aliphatic carbocycles. The van der Waals surface area contributed by atoms with Crippen LogP contribution in [0.25, 0.3) is 0 Å². The molecule has 3 heteroatoms. The smallest absolute Gasteiger partial charge is 0.0830 e. The van der Waals surface area contributed by atoms with E-state index in [4.69, 9.17) is 9.47 Å². The third-order valence-corrected chi connectivity index (χ3v) is 2.57. The maximum absolute atomic E-state index is 9.59. The van der Waals surface area contributed by atoms with Crippen LogP contribution in [0.4, 0.5) is 0 Å². The molecular formula is C9H18O3. The van der Waals surface area contributed by atoms with E-state index in [1.54, 1.807) is 14.2 Å². The van der Waals surface area contributed by atoms with Crippen LogP contribution >= 0.6 is 0 Å². The standard InChI is InChI=1S/C9H18O3/c1-11-6-7-3-4-9(12-2)8(10)5-7/h7-10H,3-6H2,1-2H3. The molecule has 0 aromatic carbocycles. The Labute approximate surface area is 73.7 Å². The number of hydrogen-bond donors (Lipinski definition) is 1. The largest absolute Gasteiger partial charge is 0.390 e. The second-order valence-corrected chi connectivity index (χ2v) is 3.48. The summed E-state index contributed by atoms with van der Waals surface area (Å²) >= 11 is 0. The number of ether oxygens (including phenoxy) is 2. The molecular weight excluding hydrogens is 156 g/mol. The SMILES string of the molecule is COCC1CCC(OC)C(O)C1. The Morgan fingerprint density at radius 1 is 1.33 bits per heavy atom. The Morgan fingerprint density at radius 3 is 2.58 bits per heavy atom. The van der Waals surface area contributed by atoms with E-state index in [9.17, 15) is 5.11 Å². The van der Waals surface area contributed by atoms with Gasteiger partial charge in [-0.1, -0.05) is 0 Å². The zero-order chi connectivity index (χ0) is 8.97. The van der Waals surface area contributed by atoms with Crippen molar-refractivity contribution in [2.45, 2.75) is 31.5 Å². The Kier molecular flexibility index (Phi) is 3.98. The molecule has 0 spiro atoms. The van der Waals surface area contributed by atoms with E-state index < -0.39 is 0 Å². The second kappa shape index (κ2) is 4.80. The average molecular weight is 174 g/mol. The fraction of sp³-hybridized carbons (Fsp3) is 1.00. The van der Waals surface area contributed by atoms with Gasteiger partial charge in [0.25, 0.3) is 0 Å². The minimum absolute atomic E-state index is 0.0399. The van der Waals surface area contributed by atoms with E-state index in [-0.39, 0.29) is 12.2 Å². The van der Waals surface area contributed by atoms with Gasteiger partial charge in [-0.15, -0.1) is 0 Å². The minimum atomic E-state index is -0.302. The molecule has 1 aliphatic rings. The van der Waals surface area contributed by atoms with Crippen molar-refractivity contribution in [1.82, 2.24) is 0 Å². The van der Waals surface area contributed by atoms with Crippen molar-refractivity contribution >= 4 is 0 Å². The van der Waals surface area contributed by atoms with Gasteiger partial charge < -0.3 is 14.6 Å². The number of aliphatic hydroxyl groups excluding tert-OH is 1. The van der Waals surface area contributed by atoms with E-state index in [1.165, 1.54) is 0 Å². The molecule has 1 rings (SSSR count). The molecule has 3 unspecified atom stereocenters. The van der Waals surface area contributed by atoms with Gasteiger partial charge in [0.15, 0.2) is 0 Å². The first-order chi connectivity index (χ1) is 5.77. The van der Waals surface area contributed by atoms with Gasteiger partial charge in [0.2, 0.25) is 0 Å². The highest BCUT2D eigenvalue weighted by molar-refractivity contribution is 4.79. The highest BCUT2D eigenvalue weighted by atomic mass is 16.5. The maximum Gasteiger partial charge on any atom is 0.0830 e. The second-order valence-electron chi connectivity index (χ2n) is 3.48. The lowest BCUT2D eigenvalue weighted by Crippen LogP contribution is -2.36. The molecule has 0 saturated heterocycles. The maximum atomic E-state index is 9.59. The first kappa shape index (κ1) is 9.96. The Balaban J connectivity index is 2.30. The van der Waals surface area contributed by atoms with E-state index in [1.807, 2.05) is 0 Å². The van der Waals surface area contributed by atoms with Crippen molar-refractivity contribution in [2.24, 2.45) is 5.92 Å². The molecule has 12 heavy (non-hydrogen) atoms. The summed E-state index contributed by atoms with van der Waals surface area (Å²) in [7, 11) is 3.36. The fourth-order valence-electron chi connectivity index (χ4n) is 1.87. The highest BCUT2D eigenvalue weighted by Gasteiger charge is 2.28. The molecule has 0 amide bonds. The summed E-state index contributed by atoms with van der Waals surface area (Å²) in [5.74, 6) is 0.511. The lowest BCUT2D eigenvalue weighted by Gasteiger charge is -2.31. The summed E-state index contributed by atoms with van der Waals surface area (Å²) in [4.78, 5) is 0. The minimum Gasteiger partial charge on any atom is -0.390 e. The molecule has 1 N–H and O–H groups in total. The lowest BCUT2D eigenvalue weighted by atomic mass is 9.86. The van der Waals surface area contributed by atoms with Crippen molar-refractivity contribution in [1.29, 1.82) is 0 Å². The van der Waals surface area contributed by atoms with Crippen LogP contribution in [-0.4, -0.2) is 38.1 Å². The average Bonchev–Trinajstić information content (AvgIpc) is 2.05. The lowest BCUT2D eigenvalue weighted by molar-refractivity contribution is -0.0582. The van der Waals surface area contributed by atoms with Gasteiger partial charge in [0.1, 0.15) is 0 Å². The molecule has 0 heterocycles. The predicted molar refractivity (Wildman–Crippen MR) is 46.0 cm³/mol. The summed E-state index contributed by atoms with van der Waals surface area (Å²) < 4.78 is 10.2. The molecule has 3 nitrogen and oxygen atoms in total. The Bertz CT molecular complexity index is 127. The zero-order valence-electron chi connectivity index (χ0n) is 7.82. The van der Waals surface area contributed by atoms with Crippen LogP contribution in [0.15, 0.2) is 0 Å². The van der Waals surface area contributed by atoms with Crippen molar-refractivity contribution in [2.75, 3.05) is 20.8 Å². The molecule has 1 saturated carbocycles. The van der Waals surface area contributed by atoms with Gasteiger partial charge >= 0.3 is 0 Å². The summed E-state index contributed by atoms with van der Waals surface area (Å²) in [5, 5.41) is 9.59. The van der Waals surface area contributed by atoms with Gasteiger partial charge in [-0.2, -0.15) is 0 Å². The highest BCUT2D eigenvalue weighted by Crippen LogP contribution is 2.26. The first-order valence-corrected chi connectivity index (χ1v) is 4.47. The Hall–Kier alpha value is -0.120. The summed E-state index contributed by atoms with van der Waals surface area (Å²) in [6.45, 7) is 0.757. The van der Waals surface area contributed by atoms with Crippen LogP contribution in [0.2, 0.25) is 0 Å². The van der Waals surface area contributed by atoms with E-state index in [0.717, 1.165) is 25.9 Å². The van der Waals surface area contributed by atoms with Crippen LogP contribution in [0.5, 0.6) is 0 Å². The van der Waals surface area contributed by atoms with Crippen molar-refractivity contribution < 1.29 is 14.6 Å². The monoisotopic (exact) mass is 174 g/mol. The van der Waals surface area contributed by atoms with Crippen molar-refractivity contribution in [3.63, 3.8) is 0 Å². The Morgan fingerprint density at radius 2 is 2.08 bits per heavy atom. The van der Waals surface area contributed by atoms with Crippen molar-refractivity contribution in [3.05, 3.63) is 0 Å². The summed E-state index contributed by atoms with van der Waals surface area (Å²) in [6.07, 6.45) is 2.60. The van der Waals surface area contributed by atoms with E-state index >= 15 is 0 Å². The van der Waals surface area contributed by atoms with Crippen LogP contribution in [-0.2, 0) is 9.47 Å². The van der Waals surface area contributed by atoms with Crippen LogP contribution in [0.3, 0.4) is 0 Å². The topological polar surface area (TPSA) is 38.7 Å². The van der Waals surface area contributed by atoms with Gasteiger partial charge in [0, 0.05) is 20.8 Å². The van der Waals surface area contributed by atoms with Crippen LogP contribution in [0, 0.1) is 5.92 Å². The van der Waals surface area contributed by atoms with Crippen LogP contribution < -0.4 is 0 Å². The first-order valence-electron chi connectivity index (χ1n) is 4.47. The van der Waals surface area contributed by atoms with Gasteiger partial charge in [-0.25, -0.2) is 0 Å². The molecule has 72 valence electrons. The molecule has 0 aliphatic heterocycles. The third-order valence-electron chi connectivity index (χ3n) is 2.57. The fourth-order valence-corrected chi connectivity index (χ4v) is 1.87. The predicted octanol–water partition coefficient (Wildman–Crippen LogP) is 0.809. The number of aliphatic hydroxyl groups is 1. The summed E-state index contributed by atoms with van der Waals surface area (Å²) in [5.41, 5.74) is 0. The van der Waals surface area contributed by atoms with Crippen molar-refractivity contribution in [3.8, 4) is 0 Å². The number of methoxy groups -OCH3 is 2. The van der Waals surface area contributed by atoms with Gasteiger partial charge in [0.05, 0.1) is 12.2 Å². The molecule has 1 fully saturated rings. The molecule has 3 atom stereocenters. The van der Waals surface area contributed by atoms with E-state index in [2.05, 4.69) is 0 Å². The molecule has 0 radical (unpaired) electrons.